The standard InChI is InChI=1S/C22H19FN2S.ClH/c23-19-13-7-8-16(14-19)15-26-22-24-20(17-9-3-1-4-10-17)21(25-22)18-11-5-2-6-12-18;/h1-14,20-21H,15H2,(H,24,25);1H/t20-,21+;. The van der Waals surface area contributed by atoms with Crippen LogP contribution in [0.25, 0.3) is 0 Å². The molecule has 0 saturated carbocycles. The van der Waals surface area contributed by atoms with Gasteiger partial charge < -0.3 is 5.32 Å². The molecule has 1 aliphatic heterocycles. The Hall–Kier alpha value is -2.30. The minimum Gasteiger partial charge on any atom is -0.356 e. The molecule has 2 atom stereocenters. The van der Waals surface area contributed by atoms with Gasteiger partial charge in [0.15, 0.2) is 5.17 Å². The van der Waals surface area contributed by atoms with Gasteiger partial charge in [-0.25, -0.2) is 4.39 Å². The van der Waals surface area contributed by atoms with Crippen LogP contribution in [0, 0.1) is 5.82 Å². The van der Waals surface area contributed by atoms with Gasteiger partial charge in [-0.2, -0.15) is 0 Å². The van der Waals surface area contributed by atoms with Crippen molar-refractivity contribution in [1.82, 2.24) is 5.32 Å². The Labute approximate surface area is 169 Å². The molecular formula is C22H20ClFN2S. The van der Waals surface area contributed by atoms with E-state index < -0.39 is 0 Å². The zero-order valence-corrected chi connectivity index (χ0v) is 16.2. The molecule has 0 aliphatic carbocycles. The second kappa shape index (κ2) is 9.07. The Balaban J connectivity index is 0.00000210. The quantitative estimate of drug-likeness (QED) is 0.589. The molecule has 0 fully saturated rings. The zero-order valence-electron chi connectivity index (χ0n) is 14.6. The summed E-state index contributed by atoms with van der Waals surface area (Å²) in [7, 11) is 0. The highest BCUT2D eigenvalue weighted by molar-refractivity contribution is 8.13. The first-order valence-electron chi connectivity index (χ1n) is 8.61. The predicted octanol–water partition coefficient (Wildman–Crippen LogP) is 5.92. The van der Waals surface area contributed by atoms with E-state index in [1.165, 1.54) is 17.2 Å². The summed E-state index contributed by atoms with van der Waals surface area (Å²) in [6.45, 7) is 0. The highest BCUT2D eigenvalue weighted by Gasteiger charge is 2.31. The molecule has 3 aromatic carbocycles. The molecule has 0 saturated heterocycles. The van der Waals surface area contributed by atoms with Crippen molar-refractivity contribution in [2.75, 3.05) is 0 Å². The van der Waals surface area contributed by atoms with Crippen LogP contribution in [0.15, 0.2) is 89.9 Å². The van der Waals surface area contributed by atoms with E-state index in [4.69, 9.17) is 4.99 Å². The summed E-state index contributed by atoms with van der Waals surface area (Å²) in [6, 6.07) is 27.6. The van der Waals surface area contributed by atoms with Crippen LogP contribution in [0.4, 0.5) is 4.39 Å². The molecule has 0 amide bonds. The topological polar surface area (TPSA) is 24.4 Å². The SMILES string of the molecule is Cl.Fc1cccc(CSC2=N[C@H](c3ccccc3)[C@H](c3ccccc3)N2)c1. The summed E-state index contributed by atoms with van der Waals surface area (Å²) in [5.41, 5.74) is 3.36. The number of nitrogens with zero attached hydrogens (tertiary/aromatic N) is 1. The third kappa shape index (κ3) is 4.71. The Morgan fingerprint density at radius 3 is 2.19 bits per heavy atom. The maximum Gasteiger partial charge on any atom is 0.158 e. The number of amidine groups is 1. The third-order valence-corrected chi connectivity index (χ3v) is 5.39. The van der Waals surface area contributed by atoms with Gasteiger partial charge in [-0.1, -0.05) is 84.6 Å². The van der Waals surface area contributed by atoms with Gasteiger partial charge in [0.05, 0.1) is 6.04 Å². The molecule has 0 radical (unpaired) electrons. The molecule has 3 aromatic rings. The molecule has 5 heteroatoms. The molecule has 1 aliphatic rings. The average molecular weight is 399 g/mol. The molecule has 138 valence electrons. The maximum atomic E-state index is 13.4. The lowest BCUT2D eigenvalue weighted by molar-refractivity contribution is 0.573. The van der Waals surface area contributed by atoms with Crippen LogP contribution in [0.1, 0.15) is 28.8 Å². The lowest BCUT2D eigenvalue weighted by Gasteiger charge is -2.19. The van der Waals surface area contributed by atoms with E-state index in [-0.39, 0.29) is 30.3 Å². The predicted molar refractivity (Wildman–Crippen MR) is 114 cm³/mol. The van der Waals surface area contributed by atoms with E-state index >= 15 is 0 Å². The molecule has 0 aromatic heterocycles. The van der Waals surface area contributed by atoms with Crippen molar-refractivity contribution in [3.05, 3.63) is 107 Å². The van der Waals surface area contributed by atoms with Crippen LogP contribution >= 0.6 is 24.2 Å². The molecule has 2 nitrogen and oxygen atoms in total. The number of thioether (sulfide) groups is 1. The first-order valence-corrected chi connectivity index (χ1v) is 9.59. The molecule has 4 rings (SSSR count). The monoisotopic (exact) mass is 398 g/mol. The van der Waals surface area contributed by atoms with Gasteiger partial charge in [-0.05, 0) is 28.8 Å². The first-order chi connectivity index (χ1) is 12.8. The van der Waals surface area contributed by atoms with E-state index in [2.05, 4.69) is 41.7 Å². The number of nitrogens with one attached hydrogen (secondary N) is 1. The van der Waals surface area contributed by atoms with Crippen LogP contribution in [0.2, 0.25) is 0 Å². The molecule has 1 heterocycles. The van der Waals surface area contributed by atoms with Gasteiger partial charge in [0.25, 0.3) is 0 Å². The Morgan fingerprint density at radius 1 is 0.852 bits per heavy atom. The summed E-state index contributed by atoms with van der Waals surface area (Å²) in [5, 5.41) is 4.46. The van der Waals surface area contributed by atoms with Crippen molar-refractivity contribution >= 4 is 29.3 Å². The highest BCUT2D eigenvalue weighted by Crippen LogP contribution is 2.38. The van der Waals surface area contributed by atoms with Crippen LogP contribution in [0.3, 0.4) is 0 Å². The van der Waals surface area contributed by atoms with Gasteiger partial charge in [0, 0.05) is 5.75 Å². The van der Waals surface area contributed by atoms with Gasteiger partial charge >= 0.3 is 0 Å². The molecule has 0 unspecified atom stereocenters. The van der Waals surface area contributed by atoms with Crippen LogP contribution in [-0.4, -0.2) is 5.17 Å². The van der Waals surface area contributed by atoms with Gasteiger partial charge in [0.2, 0.25) is 0 Å². The Morgan fingerprint density at radius 2 is 1.52 bits per heavy atom. The maximum absolute atomic E-state index is 13.4. The normalized spacial score (nSPS) is 18.3. The van der Waals surface area contributed by atoms with Crippen molar-refractivity contribution in [2.45, 2.75) is 17.8 Å². The van der Waals surface area contributed by atoms with E-state index in [9.17, 15) is 4.39 Å². The summed E-state index contributed by atoms with van der Waals surface area (Å²) in [4.78, 5) is 4.93. The average Bonchev–Trinajstić information content (AvgIpc) is 3.12. The van der Waals surface area contributed by atoms with Crippen molar-refractivity contribution in [2.24, 2.45) is 4.99 Å². The fraction of sp³-hybridized carbons (Fsp3) is 0.136. The summed E-state index contributed by atoms with van der Waals surface area (Å²) in [5.74, 6) is 0.487. The van der Waals surface area contributed by atoms with E-state index in [1.807, 2.05) is 30.3 Å². The Bertz CT molecular complexity index is 902. The van der Waals surface area contributed by atoms with Crippen LogP contribution in [-0.2, 0) is 5.75 Å². The molecule has 0 bridgehead atoms. The number of aliphatic imine (C=N–C) groups is 1. The second-order valence-corrected chi connectivity index (χ2v) is 7.21. The summed E-state index contributed by atoms with van der Waals surface area (Å²) in [6.07, 6.45) is 0. The van der Waals surface area contributed by atoms with Crippen LogP contribution in [0.5, 0.6) is 0 Å². The van der Waals surface area contributed by atoms with Gasteiger partial charge in [0.1, 0.15) is 11.9 Å². The van der Waals surface area contributed by atoms with Crippen LogP contribution < -0.4 is 5.32 Å². The van der Waals surface area contributed by atoms with E-state index in [0.717, 1.165) is 10.7 Å². The molecule has 27 heavy (non-hydrogen) atoms. The lowest BCUT2D eigenvalue weighted by atomic mass is 9.95. The van der Waals surface area contributed by atoms with Crippen molar-refractivity contribution in [3.8, 4) is 0 Å². The minimum atomic E-state index is -0.200. The zero-order chi connectivity index (χ0) is 17.8. The van der Waals surface area contributed by atoms with Crippen molar-refractivity contribution < 1.29 is 4.39 Å². The van der Waals surface area contributed by atoms with Crippen molar-refractivity contribution in [3.63, 3.8) is 0 Å². The number of rotatable bonds is 4. The van der Waals surface area contributed by atoms with Gasteiger partial charge in [-0.3, -0.25) is 4.99 Å². The minimum absolute atomic E-state index is 0. The largest absolute Gasteiger partial charge is 0.356 e. The number of halogens is 2. The third-order valence-electron chi connectivity index (χ3n) is 4.42. The molecule has 0 spiro atoms. The van der Waals surface area contributed by atoms with E-state index in [1.54, 1.807) is 23.9 Å². The fourth-order valence-electron chi connectivity index (χ4n) is 3.15. The number of hydrogen-bond donors (Lipinski definition) is 1. The number of hydrogen-bond acceptors (Lipinski definition) is 3. The molecular weight excluding hydrogens is 379 g/mol. The number of benzene rings is 3. The van der Waals surface area contributed by atoms with E-state index in [0.29, 0.717) is 5.75 Å². The smallest absolute Gasteiger partial charge is 0.158 e. The fourth-order valence-corrected chi connectivity index (χ4v) is 4.03. The lowest BCUT2D eigenvalue weighted by Crippen LogP contribution is -2.22. The highest BCUT2D eigenvalue weighted by atomic mass is 35.5. The van der Waals surface area contributed by atoms with Crippen molar-refractivity contribution in [1.29, 1.82) is 0 Å². The summed E-state index contributed by atoms with van der Waals surface area (Å²) >= 11 is 1.61. The second-order valence-electron chi connectivity index (χ2n) is 6.24. The van der Waals surface area contributed by atoms with Gasteiger partial charge in [-0.15, -0.1) is 12.4 Å². The summed E-state index contributed by atoms with van der Waals surface area (Å²) < 4.78 is 13.4. The first kappa shape index (κ1) is 19.5. The Kier molecular flexibility index (Phi) is 6.54. The molecule has 1 N–H and O–H groups in total.